The molecule has 0 amide bonds. The number of nitrogens with zero attached hydrogens (tertiary/aromatic N) is 2. The van der Waals surface area contributed by atoms with E-state index in [1.807, 2.05) is 6.92 Å². The molecule has 0 saturated heterocycles. The molecule has 0 fully saturated rings. The molecule has 0 aliphatic carbocycles. The van der Waals surface area contributed by atoms with Gasteiger partial charge in [0.1, 0.15) is 11.0 Å². The van der Waals surface area contributed by atoms with Crippen LogP contribution in [0, 0.1) is 6.92 Å². The molecule has 1 aromatic heterocycles. The fourth-order valence-corrected chi connectivity index (χ4v) is 2.45. The van der Waals surface area contributed by atoms with Gasteiger partial charge in [-0.25, -0.2) is 4.98 Å². The summed E-state index contributed by atoms with van der Waals surface area (Å²) in [4.78, 5) is 9.71. The number of aryl methyl sites for hydroxylation is 1. The molecule has 0 bridgehead atoms. The molecule has 2 rings (SSSR count). The summed E-state index contributed by atoms with van der Waals surface area (Å²) in [6, 6.07) is 9.99. The van der Waals surface area contributed by atoms with Crippen molar-refractivity contribution in [3.63, 3.8) is 0 Å². The highest BCUT2D eigenvalue weighted by Gasteiger charge is 2.05. The Morgan fingerprint density at radius 1 is 1.21 bits per heavy atom. The highest BCUT2D eigenvalue weighted by atomic mass is 35.5. The molecule has 5 heteroatoms. The summed E-state index contributed by atoms with van der Waals surface area (Å²) in [7, 11) is 0. The molecular weight excluding hydrogens is 280 g/mol. The maximum absolute atomic E-state index is 5.95. The fourth-order valence-electron chi connectivity index (χ4n) is 1.51. The van der Waals surface area contributed by atoms with Crippen LogP contribution in [0.1, 0.15) is 18.3 Å². The zero-order chi connectivity index (χ0) is 13.7. The van der Waals surface area contributed by atoms with Gasteiger partial charge in [0.15, 0.2) is 0 Å². The second-order valence-electron chi connectivity index (χ2n) is 3.98. The molecule has 0 atom stereocenters. The summed E-state index contributed by atoms with van der Waals surface area (Å²) in [5.74, 6) is 1.88. The largest absolute Gasteiger partial charge is 0.478 e. The topological polar surface area (TPSA) is 35.0 Å². The number of thioether (sulfide) groups is 1. The third-order valence-electron chi connectivity index (χ3n) is 2.40. The van der Waals surface area contributed by atoms with Gasteiger partial charge in [-0.3, -0.25) is 0 Å². The van der Waals surface area contributed by atoms with Gasteiger partial charge in [-0.2, -0.15) is 4.98 Å². The van der Waals surface area contributed by atoms with E-state index in [4.69, 9.17) is 16.3 Å². The lowest BCUT2D eigenvalue weighted by Gasteiger charge is -2.05. The molecule has 100 valence electrons. The summed E-state index contributed by atoms with van der Waals surface area (Å²) < 4.78 is 5.35. The number of benzene rings is 1. The minimum absolute atomic E-state index is 0.415. The number of aromatic nitrogens is 2. The third kappa shape index (κ3) is 4.40. The van der Waals surface area contributed by atoms with Crippen molar-refractivity contribution in [2.75, 3.05) is 6.61 Å². The second-order valence-corrected chi connectivity index (χ2v) is 5.42. The summed E-state index contributed by atoms with van der Waals surface area (Å²) in [6.07, 6.45) is 0. The molecule has 1 heterocycles. The van der Waals surface area contributed by atoms with E-state index >= 15 is 0 Å². The van der Waals surface area contributed by atoms with Crippen LogP contribution in [0.5, 0.6) is 5.88 Å². The van der Waals surface area contributed by atoms with Crippen LogP contribution in [-0.4, -0.2) is 16.6 Å². The third-order valence-corrected chi connectivity index (χ3v) is 3.60. The zero-order valence-corrected chi connectivity index (χ0v) is 12.5. The van der Waals surface area contributed by atoms with Crippen LogP contribution in [0.2, 0.25) is 5.15 Å². The maximum Gasteiger partial charge on any atom is 0.218 e. The number of halogens is 1. The van der Waals surface area contributed by atoms with Crippen molar-refractivity contribution in [2.45, 2.75) is 24.5 Å². The quantitative estimate of drug-likeness (QED) is 0.613. The fraction of sp³-hybridized carbons (Fsp3) is 0.286. The van der Waals surface area contributed by atoms with Crippen molar-refractivity contribution < 1.29 is 4.74 Å². The van der Waals surface area contributed by atoms with E-state index < -0.39 is 0 Å². The van der Waals surface area contributed by atoms with E-state index in [1.54, 1.807) is 17.8 Å². The average Bonchev–Trinajstić information content (AvgIpc) is 2.38. The normalized spacial score (nSPS) is 10.5. The molecule has 0 spiro atoms. The van der Waals surface area contributed by atoms with Crippen LogP contribution in [0.25, 0.3) is 0 Å². The number of hydrogen-bond acceptors (Lipinski definition) is 4. The van der Waals surface area contributed by atoms with Gasteiger partial charge in [-0.05, 0) is 26.0 Å². The van der Waals surface area contributed by atoms with E-state index in [1.165, 1.54) is 10.5 Å². The average molecular weight is 295 g/mol. The maximum atomic E-state index is 5.95. The molecule has 0 unspecified atom stereocenters. The Labute approximate surface area is 122 Å². The SMILES string of the molecule is CCOc1cc(Cl)nc(CSc2ccc(C)cc2)n1. The van der Waals surface area contributed by atoms with E-state index in [0.717, 1.165) is 0 Å². The van der Waals surface area contributed by atoms with Crippen molar-refractivity contribution in [3.8, 4) is 5.88 Å². The smallest absolute Gasteiger partial charge is 0.218 e. The summed E-state index contributed by atoms with van der Waals surface area (Å²) in [6.45, 7) is 4.55. The molecule has 0 saturated carbocycles. The Kier molecular flexibility index (Phi) is 5.05. The van der Waals surface area contributed by atoms with Gasteiger partial charge in [0, 0.05) is 11.0 Å². The first-order valence-electron chi connectivity index (χ1n) is 6.03. The highest BCUT2D eigenvalue weighted by molar-refractivity contribution is 7.98. The van der Waals surface area contributed by atoms with Crippen molar-refractivity contribution in [1.82, 2.24) is 9.97 Å². The van der Waals surface area contributed by atoms with Gasteiger partial charge in [0.25, 0.3) is 0 Å². The van der Waals surface area contributed by atoms with E-state index in [-0.39, 0.29) is 0 Å². The molecule has 0 aliphatic rings. The van der Waals surface area contributed by atoms with Crippen molar-refractivity contribution in [2.24, 2.45) is 0 Å². The molecule has 0 aliphatic heterocycles. The lowest BCUT2D eigenvalue weighted by Crippen LogP contribution is -1.99. The minimum Gasteiger partial charge on any atom is -0.478 e. The van der Waals surface area contributed by atoms with Crippen LogP contribution in [0.4, 0.5) is 0 Å². The van der Waals surface area contributed by atoms with Gasteiger partial charge in [0.05, 0.1) is 12.4 Å². The Hall–Kier alpha value is -1.26. The van der Waals surface area contributed by atoms with Crippen LogP contribution in [0.15, 0.2) is 35.2 Å². The van der Waals surface area contributed by atoms with Gasteiger partial charge in [-0.1, -0.05) is 29.3 Å². The first-order chi connectivity index (χ1) is 9.17. The number of ether oxygens (including phenoxy) is 1. The van der Waals surface area contributed by atoms with Crippen LogP contribution >= 0.6 is 23.4 Å². The summed E-state index contributed by atoms with van der Waals surface area (Å²) in [5, 5.41) is 0.415. The minimum atomic E-state index is 0.415. The zero-order valence-electron chi connectivity index (χ0n) is 10.9. The Balaban J connectivity index is 2.04. The van der Waals surface area contributed by atoms with Gasteiger partial charge in [0.2, 0.25) is 5.88 Å². The summed E-state index contributed by atoms with van der Waals surface area (Å²) in [5.41, 5.74) is 1.25. The molecule has 1 aromatic carbocycles. The molecule has 3 nitrogen and oxygen atoms in total. The lowest BCUT2D eigenvalue weighted by atomic mass is 10.2. The first kappa shape index (κ1) is 14.2. The van der Waals surface area contributed by atoms with E-state index in [2.05, 4.69) is 41.2 Å². The monoisotopic (exact) mass is 294 g/mol. The summed E-state index contributed by atoms with van der Waals surface area (Å²) >= 11 is 7.63. The Bertz CT molecular complexity index is 546. The van der Waals surface area contributed by atoms with Crippen LogP contribution in [0.3, 0.4) is 0 Å². The van der Waals surface area contributed by atoms with Crippen LogP contribution in [-0.2, 0) is 5.75 Å². The van der Waals surface area contributed by atoms with Gasteiger partial charge in [-0.15, -0.1) is 11.8 Å². The van der Waals surface area contributed by atoms with E-state index in [0.29, 0.717) is 29.2 Å². The molecular formula is C14H15ClN2OS. The predicted molar refractivity (Wildman–Crippen MR) is 79.0 cm³/mol. The molecule has 0 N–H and O–H groups in total. The van der Waals surface area contributed by atoms with Crippen molar-refractivity contribution in [3.05, 3.63) is 46.9 Å². The standard InChI is InChI=1S/C14H15ClN2OS/c1-3-18-14-8-12(15)16-13(17-14)9-19-11-6-4-10(2)5-7-11/h4-8H,3,9H2,1-2H3. The second kappa shape index (κ2) is 6.78. The lowest BCUT2D eigenvalue weighted by molar-refractivity contribution is 0.325. The predicted octanol–water partition coefficient (Wildman–Crippen LogP) is 4.13. The Morgan fingerprint density at radius 3 is 2.63 bits per heavy atom. The van der Waals surface area contributed by atoms with E-state index in [9.17, 15) is 0 Å². The first-order valence-corrected chi connectivity index (χ1v) is 7.39. The van der Waals surface area contributed by atoms with Crippen LogP contribution < -0.4 is 4.74 Å². The number of rotatable bonds is 5. The Morgan fingerprint density at radius 2 is 1.95 bits per heavy atom. The van der Waals surface area contributed by atoms with Crippen molar-refractivity contribution >= 4 is 23.4 Å². The van der Waals surface area contributed by atoms with Gasteiger partial charge >= 0.3 is 0 Å². The van der Waals surface area contributed by atoms with Gasteiger partial charge < -0.3 is 4.74 Å². The van der Waals surface area contributed by atoms with Crippen molar-refractivity contribution in [1.29, 1.82) is 0 Å². The molecule has 2 aromatic rings. The number of hydrogen-bond donors (Lipinski definition) is 0. The molecule has 19 heavy (non-hydrogen) atoms. The highest BCUT2D eigenvalue weighted by Crippen LogP contribution is 2.23. The molecule has 0 radical (unpaired) electrons.